The smallest absolute Gasteiger partial charge is 0.344 e. The van der Waals surface area contributed by atoms with E-state index >= 15 is 0 Å². The Bertz CT molecular complexity index is 1340. The molecule has 1 aliphatic rings. The van der Waals surface area contributed by atoms with E-state index in [9.17, 15) is 19.5 Å². The summed E-state index contributed by atoms with van der Waals surface area (Å²) in [6.45, 7) is 5.80. The number of morpholine rings is 1. The van der Waals surface area contributed by atoms with Gasteiger partial charge in [0.2, 0.25) is 5.75 Å². The number of carbonyl (C=O) groups excluding carboxylic acids is 2. The molecule has 9 heteroatoms. The number of phenols is 1. The summed E-state index contributed by atoms with van der Waals surface area (Å²) in [5, 5.41) is 10.8. The third-order valence-electron chi connectivity index (χ3n) is 6.53. The number of nitrogens with zero attached hydrogens (tertiary/aromatic N) is 1. The van der Waals surface area contributed by atoms with Crippen molar-refractivity contribution in [1.29, 1.82) is 0 Å². The zero-order valence-electron chi connectivity index (χ0n) is 20.6. The molecule has 2 aromatic carbocycles. The van der Waals surface area contributed by atoms with Crippen LogP contribution >= 0.6 is 0 Å². The van der Waals surface area contributed by atoms with Crippen LogP contribution in [0.3, 0.4) is 0 Å². The van der Waals surface area contributed by atoms with Crippen molar-refractivity contribution in [2.45, 2.75) is 19.8 Å². The van der Waals surface area contributed by atoms with Crippen LogP contribution in [-0.4, -0.2) is 69.1 Å². The van der Waals surface area contributed by atoms with Crippen molar-refractivity contribution in [3.8, 4) is 28.4 Å². The van der Waals surface area contributed by atoms with Crippen molar-refractivity contribution < 1.29 is 33.3 Å². The predicted octanol–water partition coefficient (Wildman–Crippen LogP) is 3.60. The number of carbonyl (C=O) groups is 2. The number of aldehydes is 1. The summed E-state index contributed by atoms with van der Waals surface area (Å²) in [5.74, 6) is -0.323. The van der Waals surface area contributed by atoms with E-state index in [0.29, 0.717) is 34.8 Å². The maximum atomic E-state index is 13.0. The second-order valence-corrected chi connectivity index (χ2v) is 8.60. The first-order chi connectivity index (χ1) is 17.4. The highest BCUT2D eigenvalue weighted by Gasteiger charge is 2.26. The largest absolute Gasteiger partial charge is 0.504 e. The summed E-state index contributed by atoms with van der Waals surface area (Å²) >= 11 is 0. The quantitative estimate of drug-likeness (QED) is 0.270. The molecule has 2 heterocycles. The molecule has 190 valence electrons. The van der Waals surface area contributed by atoms with Crippen molar-refractivity contribution >= 4 is 23.0 Å². The maximum Gasteiger partial charge on any atom is 0.344 e. The normalized spacial score (nSPS) is 14.1. The minimum atomic E-state index is -0.681. The van der Waals surface area contributed by atoms with Gasteiger partial charge in [-0.3, -0.25) is 14.5 Å². The summed E-state index contributed by atoms with van der Waals surface area (Å²) in [6.07, 6.45) is 1.60. The highest BCUT2D eigenvalue weighted by Crippen LogP contribution is 2.47. The second-order valence-electron chi connectivity index (χ2n) is 8.60. The minimum absolute atomic E-state index is 0.0342. The van der Waals surface area contributed by atoms with Gasteiger partial charge >= 0.3 is 5.63 Å². The SMILES string of the molecule is COc1c(O)c(C=O)c2oc(=O)c(-c3ccc(C(=O)CCCN4CCOCC4)cc3)c(C)c2c1OC. The van der Waals surface area contributed by atoms with Crippen LogP contribution in [0.25, 0.3) is 22.1 Å². The van der Waals surface area contributed by atoms with Crippen LogP contribution in [0.5, 0.6) is 17.2 Å². The summed E-state index contributed by atoms with van der Waals surface area (Å²) in [4.78, 5) is 39.7. The van der Waals surface area contributed by atoms with E-state index in [1.807, 2.05) is 0 Å². The van der Waals surface area contributed by atoms with E-state index < -0.39 is 11.4 Å². The molecule has 0 unspecified atom stereocenters. The van der Waals surface area contributed by atoms with E-state index in [2.05, 4.69) is 4.90 Å². The maximum absolute atomic E-state index is 13.0. The zero-order chi connectivity index (χ0) is 25.8. The monoisotopic (exact) mass is 495 g/mol. The fourth-order valence-electron chi connectivity index (χ4n) is 4.64. The number of Topliss-reactive ketones (excluding diaryl/α,β-unsaturated/α-hetero) is 1. The molecule has 0 bridgehead atoms. The topological polar surface area (TPSA) is 116 Å². The van der Waals surface area contributed by atoms with Crippen molar-refractivity contribution in [3.63, 3.8) is 0 Å². The Kier molecular flexibility index (Phi) is 7.71. The Labute approximate surface area is 208 Å². The summed E-state index contributed by atoms with van der Waals surface area (Å²) < 4.78 is 21.6. The molecule has 4 rings (SSSR count). The lowest BCUT2D eigenvalue weighted by atomic mass is 9.95. The molecule has 3 aromatic rings. The number of methoxy groups -OCH3 is 2. The van der Waals surface area contributed by atoms with Crippen LogP contribution in [0.1, 0.15) is 39.1 Å². The van der Waals surface area contributed by atoms with Gasteiger partial charge in [0, 0.05) is 25.1 Å². The number of rotatable bonds is 9. The Morgan fingerprint density at radius 3 is 2.39 bits per heavy atom. The zero-order valence-corrected chi connectivity index (χ0v) is 20.6. The number of hydrogen-bond acceptors (Lipinski definition) is 9. The molecular weight excluding hydrogens is 466 g/mol. The van der Waals surface area contributed by atoms with E-state index in [4.69, 9.17) is 18.6 Å². The molecule has 1 saturated heterocycles. The van der Waals surface area contributed by atoms with Crippen molar-refractivity contribution in [3.05, 3.63) is 51.4 Å². The lowest BCUT2D eigenvalue weighted by molar-refractivity contribution is 0.0371. The summed E-state index contributed by atoms with van der Waals surface area (Å²) in [6, 6.07) is 6.79. The van der Waals surface area contributed by atoms with Gasteiger partial charge in [-0.1, -0.05) is 24.3 Å². The fourth-order valence-corrected chi connectivity index (χ4v) is 4.64. The van der Waals surface area contributed by atoms with Crippen molar-refractivity contribution in [2.24, 2.45) is 0 Å². The van der Waals surface area contributed by atoms with Crippen LogP contribution in [0.15, 0.2) is 33.5 Å². The number of fused-ring (bicyclic) bond motifs is 1. The van der Waals surface area contributed by atoms with Gasteiger partial charge in [-0.05, 0) is 31.0 Å². The predicted molar refractivity (Wildman–Crippen MR) is 134 cm³/mol. The first-order valence-electron chi connectivity index (χ1n) is 11.7. The lowest BCUT2D eigenvalue weighted by Crippen LogP contribution is -2.36. The number of aromatic hydroxyl groups is 1. The first kappa shape index (κ1) is 25.4. The molecule has 0 radical (unpaired) electrons. The van der Waals surface area contributed by atoms with E-state index in [0.717, 1.165) is 39.3 Å². The third-order valence-corrected chi connectivity index (χ3v) is 6.53. The van der Waals surface area contributed by atoms with Gasteiger partial charge in [-0.2, -0.15) is 0 Å². The lowest BCUT2D eigenvalue weighted by Gasteiger charge is -2.26. The molecular formula is C27H29NO8. The van der Waals surface area contributed by atoms with Gasteiger partial charge in [-0.15, -0.1) is 0 Å². The molecule has 0 atom stereocenters. The molecule has 9 nitrogen and oxygen atoms in total. The molecule has 1 aliphatic heterocycles. The van der Waals surface area contributed by atoms with Crippen LogP contribution in [0, 0.1) is 6.92 Å². The Morgan fingerprint density at radius 1 is 1.11 bits per heavy atom. The number of hydrogen-bond donors (Lipinski definition) is 1. The van der Waals surface area contributed by atoms with E-state index in [1.54, 1.807) is 31.2 Å². The second kappa shape index (κ2) is 10.9. The van der Waals surface area contributed by atoms with Gasteiger partial charge in [0.1, 0.15) is 5.56 Å². The first-order valence-corrected chi connectivity index (χ1v) is 11.7. The van der Waals surface area contributed by atoms with Crippen LogP contribution in [0.2, 0.25) is 0 Å². The molecule has 1 N–H and O–H groups in total. The average Bonchev–Trinajstić information content (AvgIpc) is 2.89. The van der Waals surface area contributed by atoms with Gasteiger partial charge < -0.3 is 23.7 Å². The third kappa shape index (κ3) is 4.72. The number of phenolic OH excluding ortho intramolecular Hbond substituents is 1. The molecule has 0 spiro atoms. The van der Waals surface area contributed by atoms with Crippen molar-refractivity contribution in [2.75, 3.05) is 47.1 Å². The molecule has 0 saturated carbocycles. The van der Waals surface area contributed by atoms with Crippen LogP contribution in [-0.2, 0) is 4.74 Å². The van der Waals surface area contributed by atoms with E-state index in [-0.39, 0.29) is 34.0 Å². The number of ketones is 1. The van der Waals surface area contributed by atoms with Gasteiger partial charge in [0.25, 0.3) is 0 Å². The average molecular weight is 496 g/mol. The molecule has 36 heavy (non-hydrogen) atoms. The molecule has 0 amide bonds. The summed E-state index contributed by atoms with van der Waals surface area (Å²) in [7, 11) is 2.73. The Morgan fingerprint density at radius 2 is 1.78 bits per heavy atom. The van der Waals surface area contributed by atoms with Crippen LogP contribution in [0.4, 0.5) is 0 Å². The molecule has 1 aromatic heterocycles. The van der Waals surface area contributed by atoms with Gasteiger partial charge in [0.05, 0.1) is 38.4 Å². The van der Waals surface area contributed by atoms with Crippen LogP contribution < -0.4 is 15.1 Å². The van der Waals surface area contributed by atoms with Gasteiger partial charge in [0.15, 0.2) is 29.2 Å². The van der Waals surface area contributed by atoms with Gasteiger partial charge in [-0.25, -0.2) is 4.79 Å². The number of ether oxygens (including phenoxy) is 3. The highest BCUT2D eigenvalue weighted by molar-refractivity contribution is 6.05. The fraction of sp³-hybridized carbons (Fsp3) is 0.370. The van der Waals surface area contributed by atoms with E-state index in [1.165, 1.54) is 14.2 Å². The minimum Gasteiger partial charge on any atom is -0.504 e. The highest BCUT2D eigenvalue weighted by atomic mass is 16.5. The Hall–Kier alpha value is -3.69. The standard InChI is InChI=1S/C27H29NO8/c1-16-21(27(32)36-24-19(15-29)23(31)26(34-3)25(33-2)22(16)24)18-8-6-17(7-9-18)20(30)5-4-10-28-11-13-35-14-12-28/h6-9,15,31H,4-5,10-14H2,1-3H3. The Balaban J connectivity index is 1.65. The number of benzene rings is 2. The number of aryl methyl sites for hydroxylation is 1. The van der Waals surface area contributed by atoms with Crippen molar-refractivity contribution in [1.82, 2.24) is 4.90 Å². The summed E-state index contributed by atoms with van der Waals surface area (Å²) in [5.41, 5.74) is 0.900. The molecule has 1 fully saturated rings. The molecule has 0 aliphatic carbocycles.